The molecule has 0 aliphatic carbocycles. The maximum absolute atomic E-state index is 13.4. The topological polar surface area (TPSA) is 38.9 Å². The van der Waals surface area contributed by atoms with E-state index in [2.05, 4.69) is 4.98 Å². The van der Waals surface area contributed by atoms with Crippen molar-refractivity contribution in [3.63, 3.8) is 0 Å². The summed E-state index contributed by atoms with van der Waals surface area (Å²) in [5.41, 5.74) is 4.75. The van der Waals surface area contributed by atoms with E-state index in [9.17, 15) is 22.0 Å². The average Bonchev–Trinajstić information content (AvgIpc) is 2.37. The second kappa shape index (κ2) is 5.16. The Bertz CT molecular complexity index is 607. The SMILES string of the molecule is NC(c1ccc(C(F)(F)F)c(F)c1)c1ccc(F)cn1. The van der Waals surface area contributed by atoms with Crippen LogP contribution in [0.5, 0.6) is 0 Å². The highest BCUT2D eigenvalue weighted by Crippen LogP contribution is 2.32. The molecular weight excluding hydrogens is 279 g/mol. The minimum Gasteiger partial charge on any atom is -0.319 e. The molecule has 20 heavy (non-hydrogen) atoms. The number of nitrogens with zero attached hydrogens (tertiary/aromatic N) is 1. The van der Waals surface area contributed by atoms with Gasteiger partial charge in [-0.1, -0.05) is 6.07 Å². The van der Waals surface area contributed by atoms with Crippen LogP contribution in [0, 0.1) is 11.6 Å². The molecule has 2 N–H and O–H groups in total. The Morgan fingerprint density at radius 2 is 1.75 bits per heavy atom. The van der Waals surface area contributed by atoms with Gasteiger partial charge in [0.1, 0.15) is 11.6 Å². The summed E-state index contributed by atoms with van der Waals surface area (Å²) in [5.74, 6) is -1.98. The number of aromatic nitrogens is 1. The molecule has 106 valence electrons. The van der Waals surface area contributed by atoms with Crippen LogP contribution >= 0.6 is 0 Å². The van der Waals surface area contributed by atoms with Gasteiger partial charge >= 0.3 is 6.18 Å². The Balaban J connectivity index is 2.34. The first-order valence-corrected chi connectivity index (χ1v) is 5.52. The van der Waals surface area contributed by atoms with Gasteiger partial charge in [-0.05, 0) is 29.8 Å². The van der Waals surface area contributed by atoms with E-state index < -0.39 is 29.4 Å². The quantitative estimate of drug-likeness (QED) is 0.860. The lowest BCUT2D eigenvalue weighted by atomic mass is 10.0. The van der Waals surface area contributed by atoms with Crippen LogP contribution in [0.2, 0.25) is 0 Å². The highest BCUT2D eigenvalue weighted by molar-refractivity contribution is 5.32. The Kier molecular flexibility index (Phi) is 3.71. The lowest BCUT2D eigenvalue weighted by Gasteiger charge is -2.14. The number of benzene rings is 1. The van der Waals surface area contributed by atoms with Crippen molar-refractivity contribution >= 4 is 0 Å². The Morgan fingerprint density at radius 1 is 1.05 bits per heavy atom. The van der Waals surface area contributed by atoms with Gasteiger partial charge in [0, 0.05) is 0 Å². The second-order valence-electron chi connectivity index (χ2n) is 4.12. The molecule has 1 aromatic carbocycles. The summed E-state index contributed by atoms with van der Waals surface area (Å²) in [5, 5.41) is 0. The molecule has 0 spiro atoms. The van der Waals surface area contributed by atoms with Crippen molar-refractivity contribution in [2.24, 2.45) is 5.73 Å². The maximum Gasteiger partial charge on any atom is 0.419 e. The third-order valence-corrected chi connectivity index (χ3v) is 2.73. The molecule has 2 nitrogen and oxygen atoms in total. The highest BCUT2D eigenvalue weighted by Gasteiger charge is 2.34. The third-order valence-electron chi connectivity index (χ3n) is 2.73. The fourth-order valence-electron chi connectivity index (χ4n) is 1.70. The number of pyridine rings is 1. The van der Waals surface area contributed by atoms with Crippen LogP contribution in [-0.4, -0.2) is 4.98 Å². The van der Waals surface area contributed by atoms with E-state index in [1.807, 2.05) is 0 Å². The summed E-state index contributed by atoms with van der Waals surface area (Å²) in [6.07, 6.45) is -3.84. The number of halogens is 5. The van der Waals surface area contributed by atoms with Crippen LogP contribution < -0.4 is 5.73 Å². The minimum atomic E-state index is -4.76. The van der Waals surface area contributed by atoms with Gasteiger partial charge in [-0.3, -0.25) is 4.98 Å². The van der Waals surface area contributed by atoms with Crippen molar-refractivity contribution in [2.75, 3.05) is 0 Å². The van der Waals surface area contributed by atoms with E-state index in [0.29, 0.717) is 12.1 Å². The van der Waals surface area contributed by atoms with Crippen molar-refractivity contribution in [2.45, 2.75) is 12.2 Å². The van der Waals surface area contributed by atoms with E-state index >= 15 is 0 Å². The average molecular weight is 288 g/mol. The van der Waals surface area contributed by atoms with Gasteiger partial charge in [-0.25, -0.2) is 8.78 Å². The summed E-state index contributed by atoms with van der Waals surface area (Å²) in [7, 11) is 0. The Labute approximate surface area is 111 Å². The molecule has 0 aliphatic rings. The molecule has 2 aromatic rings. The van der Waals surface area contributed by atoms with Crippen LogP contribution in [0.4, 0.5) is 22.0 Å². The Morgan fingerprint density at radius 3 is 2.25 bits per heavy atom. The van der Waals surface area contributed by atoms with E-state index in [-0.39, 0.29) is 11.3 Å². The van der Waals surface area contributed by atoms with Gasteiger partial charge in [0.05, 0.1) is 23.5 Å². The van der Waals surface area contributed by atoms with Crippen molar-refractivity contribution in [3.8, 4) is 0 Å². The first kappa shape index (κ1) is 14.4. The minimum absolute atomic E-state index is 0.120. The van der Waals surface area contributed by atoms with Crippen LogP contribution in [0.15, 0.2) is 36.5 Å². The van der Waals surface area contributed by atoms with Gasteiger partial charge in [-0.15, -0.1) is 0 Å². The molecule has 2 rings (SSSR count). The van der Waals surface area contributed by atoms with Gasteiger partial charge < -0.3 is 5.73 Å². The molecule has 1 heterocycles. The molecule has 0 radical (unpaired) electrons. The van der Waals surface area contributed by atoms with Crippen LogP contribution in [0.25, 0.3) is 0 Å². The largest absolute Gasteiger partial charge is 0.419 e. The van der Waals surface area contributed by atoms with E-state index in [1.165, 1.54) is 6.07 Å². The predicted octanol–water partition coefficient (Wildman–Crippen LogP) is 3.43. The standard InChI is InChI=1S/C13H9F5N2/c14-8-2-4-11(20-6-8)12(19)7-1-3-9(10(15)5-7)13(16,17)18/h1-6,12H,19H2. The molecule has 1 atom stereocenters. The summed E-state index contributed by atoms with van der Waals surface area (Å²) < 4.78 is 63.4. The summed E-state index contributed by atoms with van der Waals surface area (Å²) in [6.45, 7) is 0. The number of alkyl halides is 3. The molecule has 1 unspecified atom stereocenters. The molecule has 0 saturated heterocycles. The molecule has 1 aromatic heterocycles. The molecule has 0 saturated carbocycles. The number of nitrogens with two attached hydrogens (primary N) is 1. The first-order valence-electron chi connectivity index (χ1n) is 5.52. The van der Waals surface area contributed by atoms with Gasteiger partial charge in [-0.2, -0.15) is 13.2 Å². The molecule has 0 bridgehead atoms. The normalized spacial score (nSPS) is 13.3. The van der Waals surface area contributed by atoms with Crippen molar-refractivity contribution in [1.82, 2.24) is 4.98 Å². The summed E-state index contributed by atoms with van der Waals surface area (Å²) in [6, 6.07) is 3.86. The van der Waals surface area contributed by atoms with Crippen molar-refractivity contribution in [3.05, 3.63) is 65.0 Å². The zero-order chi connectivity index (χ0) is 14.9. The van der Waals surface area contributed by atoms with Crippen molar-refractivity contribution in [1.29, 1.82) is 0 Å². The lowest BCUT2D eigenvalue weighted by Crippen LogP contribution is -2.15. The van der Waals surface area contributed by atoms with Crippen LogP contribution in [0.1, 0.15) is 22.9 Å². The molecule has 0 fully saturated rings. The first-order chi connectivity index (χ1) is 9.29. The van der Waals surface area contributed by atoms with Gasteiger partial charge in [0.25, 0.3) is 0 Å². The van der Waals surface area contributed by atoms with E-state index in [0.717, 1.165) is 18.3 Å². The van der Waals surface area contributed by atoms with E-state index in [4.69, 9.17) is 5.73 Å². The monoisotopic (exact) mass is 288 g/mol. The molecule has 7 heteroatoms. The smallest absolute Gasteiger partial charge is 0.319 e. The molecule has 0 amide bonds. The molecule has 0 aliphatic heterocycles. The van der Waals surface area contributed by atoms with Crippen LogP contribution in [0.3, 0.4) is 0 Å². The number of hydrogen-bond acceptors (Lipinski definition) is 2. The van der Waals surface area contributed by atoms with Gasteiger partial charge in [0.15, 0.2) is 0 Å². The summed E-state index contributed by atoms with van der Waals surface area (Å²) in [4.78, 5) is 3.71. The predicted molar refractivity (Wildman–Crippen MR) is 61.6 cm³/mol. The third kappa shape index (κ3) is 2.93. The molecular formula is C13H9F5N2. The lowest BCUT2D eigenvalue weighted by molar-refractivity contribution is -0.140. The number of hydrogen-bond donors (Lipinski definition) is 1. The number of rotatable bonds is 2. The summed E-state index contributed by atoms with van der Waals surface area (Å²) >= 11 is 0. The zero-order valence-electron chi connectivity index (χ0n) is 9.96. The van der Waals surface area contributed by atoms with Crippen LogP contribution in [-0.2, 0) is 6.18 Å². The fourth-order valence-corrected chi connectivity index (χ4v) is 1.70. The maximum atomic E-state index is 13.4. The fraction of sp³-hybridized carbons (Fsp3) is 0.154. The second-order valence-corrected chi connectivity index (χ2v) is 4.12. The zero-order valence-corrected chi connectivity index (χ0v) is 9.96. The van der Waals surface area contributed by atoms with E-state index in [1.54, 1.807) is 0 Å². The highest BCUT2D eigenvalue weighted by atomic mass is 19.4. The van der Waals surface area contributed by atoms with Gasteiger partial charge in [0.2, 0.25) is 0 Å². The van der Waals surface area contributed by atoms with Crippen molar-refractivity contribution < 1.29 is 22.0 Å². The Hall–Kier alpha value is -2.02.